The molecule has 6 nitrogen and oxygen atoms in total. The van der Waals surface area contributed by atoms with Crippen molar-refractivity contribution in [1.29, 1.82) is 0 Å². The van der Waals surface area contributed by atoms with E-state index >= 15 is 0 Å². The first-order valence-corrected chi connectivity index (χ1v) is 7.54. The Balaban J connectivity index is 1.76. The molecule has 0 bridgehead atoms. The summed E-state index contributed by atoms with van der Waals surface area (Å²) in [4.78, 5) is 18.1. The van der Waals surface area contributed by atoms with Gasteiger partial charge in [-0.2, -0.15) is 13.2 Å². The average Bonchev–Trinajstić information content (AvgIpc) is 2.89. The molecule has 2 aromatic heterocycles. The van der Waals surface area contributed by atoms with Gasteiger partial charge in [-0.25, -0.2) is 0 Å². The summed E-state index contributed by atoms with van der Waals surface area (Å²) in [6.07, 6.45) is -1.24. The van der Waals surface area contributed by atoms with Crippen LogP contribution in [0.25, 0.3) is 0 Å². The molecule has 0 aromatic carbocycles. The predicted molar refractivity (Wildman–Crippen MR) is 80.8 cm³/mol. The van der Waals surface area contributed by atoms with E-state index in [4.69, 9.17) is 0 Å². The molecule has 0 radical (unpaired) electrons. The van der Waals surface area contributed by atoms with Crippen LogP contribution in [0.15, 0.2) is 24.5 Å². The molecule has 25 heavy (non-hydrogen) atoms. The zero-order valence-electron chi connectivity index (χ0n) is 13.5. The lowest BCUT2D eigenvalue weighted by atomic mass is 10.1. The molecular formula is C16H15F3N4O2. The maximum Gasteiger partial charge on any atom is 0.422 e. The van der Waals surface area contributed by atoms with Gasteiger partial charge in [0, 0.05) is 35.6 Å². The SMILES string of the molecule is Cc1cc(C(C)N2Cc3cnccc3C2=O)nnc1OCC(F)(F)F. The predicted octanol–water partition coefficient (Wildman–Crippen LogP) is 2.84. The van der Waals surface area contributed by atoms with E-state index in [1.165, 1.54) is 0 Å². The average molecular weight is 352 g/mol. The molecule has 3 rings (SSSR count). The van der Waals surface area contributed by atoms with Crippen molar-refractivity contribution in [2.45, 2.75) is 32.6 Å². The van der Waals surface area contributed by atoms with E-state index in [0.717, 1.165) is 5.56 Å². The molecule has 0 spiro atoms. The lowest BCUT2D eigenvalue weighted by molar-refractivity contribution is -0.154. The van der Waals surface area contributed by atoms with Gasteiger partial charge in [0.05, 0.1) is 11.7 Å². The van der Waals surface area contributed by atoms with Crippen molar-refractivity contribution in [3.05, 3.63) is 46.9 Å². The minimum atomic E-state index is -4.44. The topological polar surface area (TPSA) is 68.2 Å². The number of rotatable bonds is 4. The Morgan fingerprint density at radius 2 is 2.12 bits per heavy atom. The van der Waals surface area contributed by atoms with Crippen LogP contribution in [0.5, 0.6) is 5.88 Å². The molecule has 1 unspecified atom stereocenters. The Hall–Kier alpha value is -2.71. The standard InChI is InChI=1S/C16H15F3N4O2/c1-9-5-13(21-22-14(9)25-8-16(17,18)19)10(2)23-7-11-6-20-4-3-12(11)15(23)24/h3-6,10H,7-8H2,1-2H3. The van der Waals surface area contributed by atoms with Gasteiger partial charge >= 0.3 is 6.18 Å². The molecule has 1 aliphatic rings. The summed E-state index contributed by atoms with van der Waals surface area (Å²) < 4.78 is 41.4. The quantitative estimate of drug-likeness (QED) is 0.846. The molecule has 132 valence electrons. The summed E-state index contributed by atoms with van der Waals surface area (Å²) in [6, 6.07) is 2.86. The third-order valence-corrected chi connectivity index (χ3v) is 3.96. The highest BCUT2D eigenvalue weighted by molar-refractivity contribution is 5.98. The zero-order valence-corrected chi connectivity index (χ0v) is 13.5. The Bertz CT molecular complexity index is 810. The molecule has 9 heteroatoms. The van der Waals surface area contributed by atoms with Gasteiger partial charge in [0.1, 0.15) is 0 Å². The van der Waals surface area contributed by atoms with Crippen molar-refractivity contribution in [3.63, 3.8) is 0 Å². The van der Waals surface area contributed by atoms with Crippen molar-refractivity contribution in [2.24, 2.45) is 0 Å². The monoisotopic (exact) mass is 352 g/mol. The molecular weight excluding hydrogens is 337 g/mol. The highest BCUT2D eigenvalue weighted by Gasteiger charge is 2.33. The fourth-order valence-corrected chi connectivity index (χ4v) is 2.64. The summed E-state index contributed by atoms with van der Waals surface area (Å²) in [6.45, 7) is 2.35. The Morgan fingerprint density at radius 3 is 2.76 bits per heavy atom. The van der Waals surface area contributed by atoms with Gasteiger partial charge in [0.25, 0.3) is 5.91 Å². The number of hydrogen-bond donors (Lipinski definition) is 0. The van der Waals surface area contributed by atoms with Crippen LogP contribution in [0.2, 0.25) is 0 Å². The summed E-state index contributed by atoms with van der Waals surface area (Å²) in [7, 11) is 0. The lowest BCUT2D eigenvalue weighted by Crippen LogP contribution is -2.28. The first-order valence-electron chi connectivity index (χ1n) is 7.54. The van der Waals surface area contributed by atoms with Crippen LogP contribution in [0.4, 0.5) is 13.2 Å². The minimum Gasteiger partial charge on any atom is -0.467 e. The second-order valence-corrected chi connectivity index (χ2v) is 5.80. The highest BCUT2D eigenvalue weighted by Crippen LogP contribution is 2.30. The Kier molecular flexibility index (Phi) is 4.32. The number of aryl methyl sites for hydroxylation is 1. The van der Waals surface area contributed by atoms with Crippen molar-refractivity contribution in [2.75, 3.05) is 6.61 Å². The molecule has 0 saturated carbocycles. The third kappa shape index (κ3) is 3.54. The van der Waals surface area contributed by atoms with Crippen LogP contribution >= 0.6 is 0 Å². The number of pyridine rings is 1. The van der Waals surface area contributed by atoms with E-state index in [9.17, 15) is 18.0 Å². The van der Waals surface area contributed by atoms with E-state index in [-0.39, 0.29) is 17.8 Å². The van der Waals surface area contributed by atoms with Gasteiger partial charge < -0.3 is 9.64 Å². The summed E-state index contributed by atoms with van der Waals surface area (Å²) in [5.41, 5.74) is 2.32. The van der Waals surface area contributed by atoms with Gasteiger partial charge in [-0.05, 0) is 26.0 Å². The number of carbonyl (C=O) groups excluding carboxylic acids is 1. The molecule has 2 aromatic rings. The van der Waals surface area contributed by atoms with Gasteiger partial charge in [-0.1, -0.05) is 0 Å². The van der Waals surface area contributed by atoms with E-state index < -0.39 is 12.8 Å². The number of hydrogen-bond acceptors (Lipinski definition) is 5. The number of alkyl halides is 3. The molecule has 3 heterocycles. The summed E-state index contributed by atoms with van der Waals surface area (Å²) >= 11 is 0. The fraction of sp³-hybridized carbons (Fsp3) is 0.375. The largest absolute Gasteiger partial charge is 0.467 e. The molecule has 0 fully saturated rings. The number of ether oxygens (including phenoxy) is 1. The number of amides is 1. The Labute approximate surface area is 141 Å². The molecule has 0 aliphatic carbocycles. The normalized spacial score (nSPS) is 15.2. The van der Waals surface area contributed by atoms with Crippen molar-refractivity contribution < 1.29 is 22.7 Å². The number of fused-ring (bicyclic) bond motifs is 1. The molecule has 1 amide bonds. The van der Waals surface area contributed by atoms with Crippen molar-refractivity contribution >= 4 is 5.91 Å². The van der Waals surface area contributed by atoms with Crippen molar-refractivity contribution in [3.8, 4) is 5.88 Å². The maximum absolute atomic E-state index is 12.5. The van der Waals surface area contributed by atoms with Gasteiger partial charge in [-0.3, -0.25) is 9.78 Å². The van der Waals surface area contributed by atoms with Crippen LogP contribution in [-0.4, -0.2) is 38.8 Å². The zero-order chi connectivity index (χ0) is 18.2. The molecule has 0 N–H and O–H groups in total. The lowest BCUT2D eigenvalue weighted by Gasteiger charge is -2.23. The van der Waals surface area contributed by atoms with Crippen molar-refractivity contribution in [1.82, 2.24) is 20.1 Å². The number of aromatic nitrogens is 3. The summed E-state index contributed by atoms with van der Waals surface area (Å²) in [5.74, 6) is -0.310. The van der Waals surface area contributed by atoms with Crippen LogP contribution in [0.3, 0.4) is 0 Å². The maximum atomic E-state index is 12.5. The first kappa shape index (κ1) is 17.1. The van der Waals surface area contributed by atoms with E-state index in [0.29, 0.717) is 23.4 Å². The third-order valence-electron chi connectivity index (χ3n) is 3.96. The number of nitrogens with zero attached hydrogens (tertiary/aromatic N) is 4. The second kappa shape index (κ2) is 6.30. The van der Waals surface area contributed by atoms with Gasteiger partial charge in [0.15, 0.2) is 6.61 Å². The molecule has 1 aliphatic heterocycles. The van der Waals surface area contributed by atoms with Crippen LogP contribution in [-0.2, 0) is 6.54 Å². The van der Waals surface area contributed by atoms with Gasteiger partial charge in [0.2, 0.25) is 5.88 Å². The highest BCUT2D eigenvalue weighted by atomic mass is 19.4. The minimum absolute atomic E-state index is 0.137. The number of halogens is 3. The van der Waals surface area contributed by atoms with Crippen LogP contribution in [0.1, 0.15) is 40.1 Å². The second-order valence-electron chi connectivity index (χ2n) is 5.80. The summed E-state index contributed by atoms with van der Waals surface area (Å²) in [5, 5.41) is 7.66. The number of carbonyl (C=O) groups is 1. The van der Waals surface area contributed by atoms with Crippen LogP contribution < -0.4 is 4.74 Å². The first-order chi connectivity index (χ1) is 11.8. The Morgan fingerprint density at radius 1 is 1.36 bits per heavy atom. The fourth-order valence-electron chi connectivity index (χ4n) is 2.64. The van der Waals surface area contributed by atoms with E-state index in [2.05, 4.69) is 19.9 Å². The molecule has 0 saturated heterocycles. The van der Waals surface area contributed by atoms with Crippen LogP contribution in [0, 0.1) is 6.92 Å². The van der Waals surface area contributed by atoms with E-state index in [1.54, 1.807) is 43.3 Å². The van der Waals surface area contributed by atoms with Gasteiger partial charge in [-0.15, -0.1) is 10.2 Å². The smallest absolute Gasteiger partial charge is 0.422 e. The molecule has 1 atom stereocenters. The van der Waals surface area contributed by atoms with E-state index in [1.807, 2.05) is 0 Å².